The third-order valence-electron chi connectivity index (χ3n) is 3.73. The number of hydrogen-bond donors (Lipinski definition) is 1. The highest BCUT2D eigenvalue weighted by molar-refractivity contribution is 7.07. The number of amides is 1. The van der Waals surface area contributed by atoms with Gasteiger partial charge in [-0.3, -0.25) is 10.1 Å². The number of rotatable bonds is 6. The van der Waals surface area contributed by atoms with Gasteiger partial charge in [0.15, 0.2) is 0 Å². The summed E-state index contributed by atoms with van der Waals surface area (Å²) in [6.07, 6.45) is 1.05. The van der Waals surface area contributed by atoms with Crippen molar-refractivity contribution in [1.82, 2.24) is 15.1 Å². The van der Waals surface area contributed by atoms with Gasteiger partial charge in [-0.05, 0) is 55.4 Å². The third-order valence-corrected chi connectivity index (χ3v) is 4.43. The molecule has 2 atom stereocenters. The Balaban J connectivity index is 2.09. The first-order valence-corrected chi connectivity index (χ1v) is 8.18. The van der Waals surface area contributed by atoms with Crippen LogP contribution >= 0.6 is 11.3 Å². The molecule has 0 radical (unpaired) electrons. The van der Waals surface area contributed by atoms with E-state index in [1.807, 2.05) is 4.90 Å². The predicted octanol–water partition coefficient (Wildman–Crippen LogP) is 2.15. The number of thiophene rings is 1. The Bertz CT molecular complexity index is 430. The molecule has 0 aromatic carbocycles. The van der Waals surface area contributed by atoms with Gasteiger partial charge in [-0.2, -0.15) is 11.3 Å². The third kappa shape index (κ3) is 3.40. The first-order chi connectivity index (χ1) is 9.50. The standard InChI is InChI=1S/C15H25N3OS/c1-11(2)13-15(19)18(8-5-7-17(3)4)14(16-13)12-6-9-20-10-12/h6,9-11,13-14,16H,5,7-8H2,1-4H3. The molecule has 1 aromatic heterocycles. The Morgan fingerprint density at radius 3 is 2.75 bits per heavy atom. The van der Waals surface area contributed by atoms with Crippen LogP contribution in [0.1, 0.15) is 32.0 Å². The van der Waals surface area contributed by atoms with Crippen LogP contribution in [-0.2, 0) is 4.79 Å². The van der Waals surface area contributed by atoms with E-state index in [-0.39, 0.29) is 18.1 Å². The largest absolute Gasteiger partial charge is 0.321 e. The molecule has 20 heavy (non-hydrogen) atoms. The predicted molar refractivity (Wildman–Crippen MR) is 83.7 cm³/mol. The van der Waals surface area contributed by atoms with Crippen LogP contribution in [0.4, 0.5) is 0 Å². The molecule has 5 heteroatoms. The molecule has 0 bridgehead atoms. The van der Waals surface area contributed by atoms with Crippen LogP contribution < -0.4 is 5.32 Å². The molecule has 1 fully saturated rings. The fourth-order valence-electron chi connectivity index (χ4n) is 2.62. The number of hydrogen-bond acceptors (Lipinski definition) is 4. The summed E-state index contributed by atoms with van der Waals surface area (Å²) in [5.41, 5.74) is 1.20. The first-order valence-electron chi connectivity index (χ1n) is 7.24. The van der Waals surface area contributed by atoms with Crippen LogP contribution in [0.25, 0.3) is 0 Å². The molecule has 1 amide bonds. The highest BCUT2D eigenvalue weighted by Crippen LogP contribution is 2.29. The Kier molecular flexibility index (Phi) is 5.18. The van der Waals surface area contributed by atoms with Gasteiger partial charge in [0.1, 0.15) is 6.17 Å². The summed E-state index contributed by atoms with van der Waals surface area (Å²) in [6, 6.07) is 2.05. The van der Waals surface area contributed by atoms with Crippen LogP contribution in [0.3, 0.4) is 0 Å². The molecule has 1 saturated heterocycles. The molecule has 1 aromatic rings. The summed E-state index contributed by atoms with van der Waals surface area (Å²) < 4.78 is 0. The molecule has 2 unspecified atom stereocenters. The lowest BCUT2D eigenvalue weighted by Gasteiger charge is -2.24. The zero-order valence-electron chi connectivity index (χ0n) is 12.8. The molecule has 0 spiro atoms. The Hall–Kier alpha value is -0.910. The second kappa shape index (κ2) is 6.70. The molecule has 1 aliphatic rings. The molecular weight excluding hydrogens is 270 g/mol. The van der Waals surface area contributed by atoms with Crippen molar-refractivity contribution in [2.75, 3.05) is 27.2 Å². The van der Waals surface area contributed by atoms with Gasteiger partial charge in [0.25, 0.3) is 0 Å². The lowest BCUT2D eigenvalue weighted by molar-refractivity contribution is -0.130. The zero-order chi connectivity index (χ0) is 14.7. The Morgan fingerprint density at radius 1 is 1.45 bits per heavy atom. The minimum atomic E-state index is -0.0562. The van der Waals surface area contributed by atoms with E-state index < -0.39 is 0 Å². The molecule has 1 aliphatic heterocycles. The second-order valence-corrected chi connectivity index (χ2v) is 6.82. The number of nitrogens with one attached hydrogen (secondary N) is 1. The zero-order valence-corrected chi connectivity index (χ0v) is 13.6. The minimum absolute atomic E-state index is 0.0447. The van der Waals surface area contributed by atoms with Crippen molar-refractivity contribution in [1.29, 1.82) is 0 Å². The number of carbonyl (C=O) groups excluding carboxylic acids is 1. The molecule has 0 saturated carbocycles. The minimum Gasteiger partial charge on any atom is -0.321 e. The van der Waals surface area contributed by atoms with E-state index in [2.05, 4.69) is 55.0 Å². The van der Waals surface area contributed by atoms with Gasteiger partial charge in [-0.15, -0.1) is 0 Å². The van der Waals surface area contributed by atoms with Crippen molar-refractivity contribution in [2.24, 2.45) is 5.92 Å². The van der Waals surface area contributed by atoms with E-state index in [1.54, 1.807) is 11.3 Å². The average molecular weight is 295 g/mol. The van der Waals surface area contributed by atoms with Crippen LogP contribution in [-0.4, -0.2) is 48.9 Å². The topological polar surface area (TPSA) is 35.6 Å². The summed E-state index contributed by atoms with van der Waals surface area (Å²) in [5.74, 6) is 0.567. The highest BCUT2D eigenvalue weighted by atomic mass is 32.1. The van der Waals surface area contributed by atoms with Crippen molar-refractivity contribution in [3.8, 4) is 0 Å². The Labute approximate surface area is 125 Å². The maximum Gasteiger partial charge on any atom is 0.241 e. The second-order valence-electron chi connectivity index (χ2n) is 6.04. The quantitative estimate of drug-likeness (QED) is 0.873. The van der Waals surface area contributed by atoms with Crippen molar-refractivity contribution in [2.45, 2.75) is 32.5 Å². The van der Waals surface area contributed by atoms with Gasteiger partial charge in [-0.1, -0.05) is 13.8 Å². The van der Waals surface area contributed by atoms with Gasteiger partial charge >= 0.3 is 0 Å². The van der Waals surface area contributed by atoms with Gasteiger partial charge in [0, 0.05) is 6.54 Å². The SMILES string of the molecule is CC(C)C1NC(c2ccsc2)N(CCCN(C)C)C1=O. The molecule has 1 N–H and O–H groups in total. The van der Waals surface area contributed by atoms with Crippen LogP contribution in [0.5, 0.6) is 0 Å². The van der Waals surface area contributed by atoms with Crippen molar-refractivity contribution < 1.29 is 4.79 Å². The molecule has 4 nitrogen and oxygen atoms in total. The maximum atomic E-state index is 12.6. The highest BCUT2D eigenvalue weighted by Gasteiger charge is 2.40. The van der Waals surface area contributed by atoms with E-state index in [1.165, 1.54) is 5.56 Å². The van der Waals surface area contributed by atoms with Crippen LogP contribution in [0, 0.1) is 5.92 Å². The monoisotopic (exact) mass is 295 g/mol. The van der Waals surface area contributed by atoms with Crippen molar-refractivity contribution >= 4 is 17.2 Å². The van der Waals surface area contributed by atoms with Gasteiger partial charge < -0.3 is 9.80 Å². The summed E-state index contributed by atoms with van der Waals surface area (Å²) in [6.45, 7) is 6.02. The fourth-order valence-corrected chi connectivity index (χ4v) is 3.30. The lowest BCUT2D eigenvalue weighted by atomic mass is 10.1. The number of carbonyl (C=O) groups is 1. The van der Waals surface area contributed by atoms with Crippen molar-refractivity contribution in [3.05, 3.63) is 22.4 Å². The van der Waals surface area contributed by atoms with Gasteiger partial charge in [0.2, 0.25) is 5.91 Å². The van der Waals surface area contributed by atoms with E-state index in [0.717, 1.165) is 19.5 Å². The van der Waals surface area contributed by atoms with Crippen molar-refractivity contribution in [3.63, 3.8) is 0 Å². The first kappa shape index (κ1) is 15.5. The average Bonchev–Trinajstić information content (AvgIpc) is 2.97. The summed E-state index contributed by atoms with van der Waals surface area (Å²) in [7, 11) is 4.13. The Morgan fingerprint density at radius 2 is 2.20 bits per heavy atom. The van der Waals surface area contributed by atoms with E-state index in [4.69, 9.17) is 0 Å². The summed E-state index contributed by atoms with van der Waals surface area (Å²) in [4.78, 5) is 16.8. The summed E-state index contributed by atoms with van der Waals surface area (Å²) >= 11 is 1.68. The lowest BCUT2D eigenvalue weighted by Crippen LogP contribution is -2.35. The normalized spacial score (nSPS) is 23.3. The van der Waals surface area contributed by atoms with E-state index in [9.17, 15) is 4.79 Å². The number of nitrogens with zero attached hydrogens (tertiary/aromatic N) is 2. The van der Waals surface area contributed by atoms with E-state index in [0.29, 0.717) is 5.92 Å². The maximum absolute atomic E-state index is 12.6. The van der Waals surface area contributed by atoms with E-state index >= 15 is 0 Å². The molecule has 2 rings (SSSR count). The smallest absolute Gasteiger partial charge is 0.241 e. The molecule has 0 aliphatic carbocycles. The van der Waals surface area contributed by atoms with Gasteiger partial charge in [-0.25, -0.2) is 0 Å². The molecular formula is C15H25N3OS. The summed E-state index contributed by atoms with van der Waals surface area (Å²) in [5, 5.41) is 7.70. The van der Waals surface area contributed by atoms with Crippen LogP contribution in [0.2, 0.25) is 0 Å². The molecule has 112 valence electrons. The van der Waals surface area contributed by atoms with Gasteiger partial charge in [0.05, 0.1) is 6.04 Å². The van der Waals surface area contributed by atoms with Crippen LogP contribution in [0.15, 0.2) is 16.8 Å². The fraction of sp³-hybridized carbons (Fsp3) is 0.667. The molecule has 2 heterocycles.